The van der Waals surface area contributed by atoms with Gasteiger partial charge in [0, 0.05) is 36.9 Å². The van der Waals surface area contributed by atoms with Crippen LogP contribution >= 0.6 is 11.8 Å². The Balaban J connectivity index is 2.22. The molecule has 0 saturated carbocycles. The molecular formula is C14H20N2S. The molecule has 0 spiro atoms. The topological polar surface area (TPSA) is 8.17 Å². The number of aromatic nitrogens is 1. The van der Waals surface area contributed by atoms with Crippen molar-refractivity contribution in [1.29, 1.82) is 0 Å². The average Bonchev–Trinajstić information content (AvgIpc) is 2.72. The first-order valence-corrected chi connectivity index (χ1v) is 7.22. The van der Waals surface area contributed by atoms with E-state index in [-0.39, 0.29) is 0 Å². The van der Waals surface area contributed by atoms with Crippen LogP contribution in [0.2, 0.25) is 0 Å². The van der Waals surface area contributed by atoms with Gasteiger partial charge in [-0.15, -0.1) is 11.8 Å². The molecule has 92 valence electrons. The van der Waals surface area contributed by atoms with E-state index in [1.807, 2.05) is 11.8 Å². The molecule has 0 unspecified atom stereocenters. The van der Waals surface area contributed by atoms with Crippen molar-refractivity contribution < 1.29 is 0 Å². The fourth-order valence-corrected chi connectivity index (χ4v) is 2.73. The third-order valence-electron chi connectivity index (χ3n) is 2.85. The smallest absolute Gasteiger partial charge is 0.0682 e. The molecule has 3 heteroatoms. The van der Waals surface area contributed by atoms with E-state index >= 15 is 0 Å². The second kappa shape index (κ2) is 5.50. The zero-order chi connectivity index (χ0) is 12.3. The molecule has 0 radical (unpaired) electrons. The summed E-state index contributed by atoms with van der Waals surface area (Å²) in [5, 5.41) is 1.33. The average molecular weight is 248 g/mol. The molecule has 0 bridgehead atoms. The van der Waals surface area contributed by atoms with Gasteiger partial charge in [-0.25, -0.2) is 0 Å². The predicted octanol–water partition coefficient (Wildman–Crippen LogP) is 3.81. The van der Waals surface area contributed by atoms with Crippen molar-refractivity contribution in [2.24, 2.45) is 0 Å². The molecule has 0 aliphatic rings. The van der Waals surface area contributed by atoms with Crippen molar-refractivity contribution in [1.82, 2.24) is 4.57 Å². The fraction of sp³-hybridized carbons (Fsp3) is 0.429. The summed E-state index contributed by atoms with van der Waals surface area (Å²) in [6.07, 6.45) is 3.43. The SMILES string of the molecule is CCCSCn1ccc2cc(N(C)C)ccc21. The first kappa shape index (κ1) is 12.4. The standard InChI is InChI=1S/C14H20N2S/c1-4-9-17-11-16-8-7-12-10-13(15(2)3)5-6-14(12)16/h5-8,10H,4,9,11H2,1-3H3. The summed E-state index contributed by atoms with van der Waals surface area (Å²) in [6, 6.07) is 8.85. The summed E-state index contributed by atoms with van der Waals surface area (Å²) in [7, 11) is 4.16. The van der Waals surface area contributed by atoms with Gasteiger partial charge in [0.25, 0.3) is 0 Å². The van der Waals surface area contributed by atoms with Crippen LogP contribution in [0.4, 0.5) is 5.69 Å². The van der Waals surface area contributed by atoms with Crippen LogP contribution in [-0.4, -0.2) is 24.4 Å². The Morgan fingerprint density at radius 1 is 1.24 bits per heavy atom. The van der Waals surface area contributed by atoms with Crippen LogP contribution in [0.15, 0.2) is 30.5 Å². The molecule has 2 nitrogen and oxygen atoms in total. The molecular weight excluding hydrogens is 228 g/mol. The lowest BCUT2D eigenvalue weighted by Crippen LogP contribution is -2.08. The Morgan fingerprint density at radius 2 is 2.06 bits per heavy atom. The highest BCUT2D eigenvalue weighted by Crippen LogP contribution is 2.23. The maximum atomic E-state index is 2.33. The van der Waals surface area contributed by atoms with E-state index in [1.54, 1.807) is 0 Å². The number of rotatable bonds is 5. The number of benzene rings is 1. The first-order valence-electron chi connectivity index (χ1n) is 6.06. The van der Waals surface area contributed by atoms with Gasteiger partial charge in [-0.1, -0.05) is 6.92 Å². The summed E-state index contributed by atoms with van der Waals surface area (Å²) in [5.41, 5.74) is 2.59. The lowest BCUT2D eigenvalue weighted by Gasteiger charge is -2.12. The molecule has 0 fully saturated rings. The third kappa shape index (κ3) is 2.78. The minimum absolute atomic E-state index is 1.05. The van der Waals surface area contributed by atoms with Gasteiger partial charge in [0.2, 0.25) is 0 Å². The van der Waals surface area contributed by atoms with Crippen molar-refractivity contribution in [3.8, 4) is 0 Å². The van der Waals surface area contributed by atoms with Gasteiger partial charge < -0.3 is 9.47 Å². The van der Waals surface area contributed by atoms with Gasteiger partial charge in [0.05, 0.1) is 5.88 Å². The van der Waals surface area contributed by atoms with E-state index in [9.17, 15) is 0 Å². The zero-order valence-electron chi connectivity index (χ0n) is 10.8. The van der Waals surface area contributed by atoms with Crippen LogP contribution in [0.1, 0.15) is 13.3 Å². The van der Waals surface area contributed by atoms with Crippen molar-refractivity contribution in [2.45, 2.75) is 19.2 Å². The van der Waals surface area contributed by atoms with Crippen LogP contribution in [-0.2, 0) is 5.88 Å². The van der Waals surface area contributed by atoms with E-state index in [2.05, 4.69) is 60.9 Å². The third-order valence-corrected chi connectivity index (χ3v) is 4.01. The molecule has 0 amide bonds. The zero-order valence-corrected chi connectivity index (χ0v) is 11.6. The molecule has 0 aliphatic carbocycles. The Morgan fingerprint density at radius 3 is 2.76 bits per heavy atom. The monoisotopic (exact) mass is 248 g/mol. The maximum absolute atomic E-state index is 2.33. The molecule has 0 N–H and O–H groups in total. The molecule has 0 aliphatic heterocycles. The molecule has 2 rings (SSSR count). The highest BCUT2D eigenvalue weighted by atomic mass is 32.2. The van der Waals surface area contributed by atoms with Crippen molar-refractivity contribution in [3.63, 3.8) is 0 Å². The van der Waals surface area contributed by atoms with E-state index < -0.39 is 0 Å². The molecule has 0 saturated heterocycles. The molecule has 1 heterocycles. The van der Waals surface area contributed by atoms with Gasteiger partial charge in [-0.3, -0.25) is 0 Å². The van der Waals surface area contributed by atoms with Crippen LogP contribution in [0.3, 0.4) is 0 Å². The second-order valence-corrected chi connectivity index (χ2v) is 5.54. The van der Waals surface area contributed by atoms with Crippen molar-refractivity contribution >= 4 is 28.4 Å². The van der Waals surface area contributed by atoms with E-state index in [0.29, 0.717) is 0 Å². The van der Waals surface area contributed by atoms with Crippen LogP contribution in [0, 0.1) is 0 Å². The summed E-state index contributed by atoms with van der Waals surface area (Å²) in [6.45, 7) is 2.23. The minimum atomic E-state index is 1.05. The molecule has 17 heavy (non-hydrogen) atoms. The van der Waals surface area contributed by atoms with Gasteiger partial charge in [-0.05, 0) is 36.4 Å². The molecule has 1 aromatic heterocycles. The second-order valence-electron chi connectivity index (χ2n) is 4.46. The van der Waals surface area contributed by atoms with Gasteiger partial charge >= 0.3 is 0 Å². The Bertz CT molecular complexity index is 488. The number of nitrogens with zero attached hydrogens (tertiary/aromatic N) is 2. The predicted molar refractivity (Wildman–Crippen MR) is 79.0 cm³/mol. The van der Waals surface area contributed by atoms with Crippen LogP contribution in [0.5, 0.6) is 0 Å². The van der Waals surface area contributed by atoms with E-state index in [0.717, 1.165) is 5.88 Å². The van der Waals surface area contributed by atoms with Crippen molar-refractivity contribution in [2.75, 3.05) is 24.7 Å². The lowest BCUT2D eigenvalue weighted by molar-refractivity contribution is 0.937. The normalized spacial score (nSPS) is 11.0. The van der Waals surface area contributed by atoms with E-state index in [4.69, 9.17) is 0 Å². The fourth-order valence-electron chi connectivity index (χ4n) is 1.89. The molecule has 1 aromatic carbocycles. The Kier molecular flexibility index (Phi) is 4.00. The lowest BCUT2D eigenvalue weighted by atomic mass is 10.2. The number of hydrogen-bond acceptors (Lipinski definition) is 2. The molecule has 2 aromatic rings. The van der Waals surface area contributed by atoms with Gasteiger partial charge in [-0.2, -0.15) is 0 Å². The Hall–Kier alpha value is -1.09. The van der Waals surface area contributed by atoms with Crippen LogP contribution < -0.4 is 4.90 Å². The molecule has 0 atom stereocenters. The minimum Gasteiger partial charge on any atom is -0.378 e. The largest absolute Gasteiger partial charge is 0.378 e. The summed E-state index contributed by atoms with van der Waals surface area (Å²) in [5.74, 6) is 2.29. The number of fused-ring (bicyclic) bond motifs is 1. The highest BCUT2D eigenvalue weighted by molar-refractivity contribution is 7.98. The first-order chi connectivity index (χ1) is 8.22. The Labute approximate surface area is 108 Å². The van der Waals surface area contributed by atoms with Crippen molar-refractivity contribution in [3.05, 3.63) is 30.5 Å². The number of thioether (sulfide) groups is 1. The van der Waals surface area contributed by atoms with Crippen LogP contribution in [0.25, 0.3) is 10.9 Å². The number of hydrogen-bond donors (Lipinski definition) is 0. The quantitative estimate of drug-likeness (QED) is 0.744. The summed E-state index contributed by atoms with van der Waals surface area (Å²) >= 11 is 1.99. The summed E-state index contributed by atoms with van der Waals surface area (Å²) < 4.78 is 2.33. The summed E-state index contributed by atoms with van der Waals surface area (Å²) in [4.78, 5) is 2.14. The maximum Gasteiger partial charge on any atom is 0.0682 e. The highest BCUT2D eigenvalue weighted by Gasteiger charge is 2.03. The van der Waals surface area contributed by atoms with E-state index in [1.165, 1.54) is 28.8 Å². The van der Waals surface area contributed by atoms with Gasteiger partial charge in [0.15, 0.2) is 0 Å². The van der Waals surface area contributed by atoms with Gasteiger partial charge in [0.1, 0.15) is 0 Å². The number of anilines is 1.